The third-order valence-corrected chi connectivity index (χ3v) is 2.17. The van der Waals surface area contributed by atoms with Gasteiger partial charge in [0.2, 0.25) is 0 Å². The quantitative estimate of drug-likeness (QED) is 0.497. The Kier molecular flexibility index (Phi) is 4.00. The normalized spacial score (nSPS) is 13.1. The number of nitrogens with two attached hydrogens (primary N) is 1. The van der Waals surface area contributed by atoms with Gasteiger partial charge >= 0.3 is 6.18 Å². The first-order chi connectivity index (χ1) is 8.19. The van der Waals surface area contributed by atoms with E-state index in [1.165, 1.54) is 19.1 Å². The molecule has 0 aromatic heterocycles. The van der Waals surface area contributed by atoms with Gasteiger partial charge in [0, 0.05) is 17.8 Å². The van der Waals surface area contributed by atoms with Crippen molar-refractivity contribution >= 4 is 17.1 Å². The Morgan fingerprint density at radius 2 is 2.11 bits per heavy atom. The van der Waals surface area contributed by atoms with Gasteiger partial charge in [-0.05, 0) is 19.1 Å². The lowest BCUT2D eigenvalue weighted by Gasteiger charge is -2.17. The minimum Gasteiger partial charge on any atom is -0.393 e. The molecule has 1 aromatic rings. The predicted octanol–water partition coefficient (Wildman–Crippen LogP) is 2.93. The van der Waals surface area contributed by atoms with Crippen LogP contribution in [0.3, 0.4) is 0 Å². The Balaban J connectivity index is 2.75. The molecule has 0 saturated heterocycles. The maximum atomic E-state index is 12.1. The van der Waals surface area contributed by atoms with Crippen LogP contribution in [0.4, 0.5) is 30.2 Å². The maximum absolute atomic E-state index is 12.1. The smallest absolute Gasteiger partial charge is 0.391 e. The standard InChI is InChI=1S/C10H12F3N3O2/c1-6(5-10(11,12)13)15-7-2-3-9(16(17)18)8(14)4-7/h2-4,6,15H,5,14H2,1H3. The highest BCUT2D eigenvalue weighted by Crippen LogP contribution is 2.27. The average molecular weight is 263 g/mol. The van der Waals surface area contributed by atoms with Crippen molar-refractivity contribution in [3.63, 3.8) is 0 Å². The molecule has 3 N–H and O–H groups in total. The summed E-state index contributed by atoms with van der Waals surface area (Å²) in [6.07, 6.45) is -5.26. The molecule has 1 unspecified atom stereocenters. The number of nitrogen functional groups attached to an aromatic ring is 1. The van der Waals surface area contributed by atoms with Crippen LogP contribution >= 0.6 is 0 Å². The number of hydrogen-bond acceptors (Lipinski definition) is 4. The Hall–Kier alpha value is -1.99. The number of nitro groups is 1. The number of benzene rings is 1. The SMILES string of the molecule is CC(CC(F)(F)F)Nc1ccc([N+](=O)[O-])c(N)c1. The van der Waals surface area contributed by atoms with Crippen molar-refractivity contribution in [2.45, 2.75) is 25.6 Å². The van der Waals surface area contributed by atoms with Crippen LogP contribution < -0.4 is 11.1 Å². The second kappa shape index (κ2) is 5.11. The van der Waals surface area contributed by atoms with Crippen molar-refractivity contribution in [1.29, 1.82) is 0 Å². The van der Waals surface area contributed by atoms with Crippen LogP contribution in [0.5, 0.6) is 0 Å². The van der Waals surface area contributed by atoms with Crippen molar-refractivity contribution in [3.8, 4) is 0 Å². The summed E-state index contributed by atoms with van der Waals surface area (Å²) in [6.45, 7) is 1.37. The Labute approximate surface area is 101 Å². The van der Waals surface area contributed by atoms with Gasteiger partial charge in [0.1, 0.15) is 5.69 Å². The zero-order valence-electron chi connectivity index (χ0n) is 9.49. The first-order valence-corrected chi connectivity index (χ1v) is 5.06. The number of anilines is 2. The molecule has 0 bridgehead atoms. The Morgan fingerprint density at radius 1 is 1.50 bits per heavy atom. The fourth-order valence-electron chi connectivity index (χ4n) is 1.49. The summed E-state index contributed by atoms with van der Waals surface area (Å²) in [7, 11) is 0. The molecule has 8 heteroatoms. The Bertz CT molecular complexity index is 448. The van der Waals surface area contributed by atoms with E-state index in [2.05, 4.69) is 5.32 Å². The topological polar surface area (TPSA) is 81.2 Å². The molecule has 100 valence electrons. The van der Waals surface area contributed by atoms with Gasteiger partial charge in [-0.25, -0.2) is 0 Å². The highest BCUT2D eigenvalue weighted by atomic mass is 19.4. The average Bonchev–Trinajstić information content (AvgIpc) is 2.13. The van der Waals surface area contributed by atoms with Gasteiger partial charge in [-0.2, -0.15) is 13.2 Å². The first-order valence-electron chi connectivity index (χ1n) is 5.06. The molecule has 1 aromatic carbocycles. The van der Waals surface area contributed by atoms with E-state index in [0.29, 0.717) is 5.69 Å². The molecule has 1 rings (SSSR count). The van der Waals surface area contributed by atoms with Crippen molar-refractivity contribution in [3.05, 3.63) is 28.3 Å². The minimum atomic E-state index is -4.27. The van der Waals surface area contributed by atoms with Gasteiger partial charge in [0.15, 0.2) is 0 Å². The zero-order valence-corrected chi connectivity index (χ0v) is 9.49. The summed E-state index contributed by atoms with van der Waals surface area (Å²) < 4.78 is 36.3. The highest BCUT2D eigenvalue weighted by molar-refractivity contribution is 5.65. The van der Waals surface area contributed by atoms with E-state index in [1.54, 1.807) is 0 Å². The van der Waals surface area contributed by atoms with E-state index in [0.717, 1.165) is 6.07 Å². The molecule has 0 aliphatic rings. The lowest BCUT2D eigenvalue weighted by atomic mass is 10.2. The van der Waals surface area contributed by atoms with Gasteiger partial charge < -0.3 is 11.1 Å². The molecule has 0 spiro atoms. The summed E-state index contributed by atoms with van der Waals surface area (Å²) in [5.74, 6) is 0. The lowest BCUT2D eigenvalue weighted by molar-refractivity contribution is -0.383. The van der Waals surface area contributed by atoms with Crippen LogP contribution in [0, 0.1) is 10.1 Å². The summed E-state index contributed by atoms with van der Waals surface area (Å²) in [4.78, 5) is 9.84. The number of halogens is 3. The van der Waals surface area contributed by atoms with Crippen molar-refractivity contribution in [2.75, 3.05) is 11.1 Å². The number of nitrogens with one attached hydrogen (secondary N) is 1. The second-order valence-electron chi connectivity index (χ2n) is 3.90. The minimum absolute atomic E-state index is 0.0933. The van der Waals surface area contributed by atoms with Crippen LogP contribution in [-0.2, 0) is 0 Å². The number of nitro benzene ring substituents is 1. The van der Waals surface area contributed by atoms with Crippen LogP contribution in [0.25, 0.3) is 0 Å². The predicted molar refractivity (Wildman–Crippen MR) is 61.3 cm³/mol. The van der Waals surface area contributed by atoms with Gasteiger partial charge in [-0.15, -0.1) is 0 Å². The third-order valence-electron chi connectivity index (χ3n) is 2.17. The molecule has 0 heterocycles. The van der Waals surface area contributed by atoms with Crippen LogP contribution in [-0.4, -0.2) is 17.1 Å². The van der Waals surface area contributed by atoms with Crippen molar-refractivity contribution < 1.29 is 18.1 Å². The Morgan fingerprint density at radius 3 is 2.56 bits per heavy atom. The molecule has 0 radical (unpaired) electrons. The van der Waals surface area contributed by atoms with E-state index in [-0.39, 0.29) is 11.4 Å². The van der Waals surface area contributed by atoms with E-state index in [4.69, 9.17) is 5.73 Å². The van der Waals surface area contributed by atoms with Crippen LogP contribution in [0.15, 0.2) is 18.2 Å². The van der Waals surface area contributed by atoms with Gasteiger partial charge in [0.25, 0.3) is 5.69 Å². The fourth-order valence-corrected chi connectivity index (χ4v) is 1.49. The summed E-state index contributed by atoms with van der Waals surface area (Å²) in [5, 5.41) is 13.1. The number of nitrogens with zero attached hydrogens (tertiary/aromatic N) is 1. The molecule has 0 aliphatic carbocycles. The molecule has 0 fully saturated rings. The molecule has 18 heavy (non-hydrogen) atoms. The number of alkyl halides is 3. The summed E-state index contributed by atoms with van der Waals surface area (Å²) in [6, 6.07) is 2.87. The largest absolute Gasteiger partial charge is 0.393 e. The molecule has 0 amide bonds. The van der Waals surface area contributed by atoms with Gasteiger partial charge in [-0.1, -0.05) is 0 Å². The fraction of sp³-hybridized carbons (Fsp3) is 0.400. The van der Waals surface area contributed by atoms with Gasteiger partial charge in [-0.3, -0.25) is 10.1 Å². The zero-order chi connectivity index (χ0) is 13.9. The number of rotatable bonds is 4. The van der Waals surface area contributed by atoms with Crippen molar-refractivity contribution in [2.24, 2.45) is 0 Å². The van der Waals surface area contributed by atoms with E-state index >= 15 is 0 Å². The second-order valence-corrected chi connectivity index (χ2v) is 3.90. The van der Waals surface area contributed by atoms with Crippen molar-refractivity contribution in [1.82, 2.24) is 0 Å². The molecule has 0 saturated carbocycles. The van der Waals surface area contributed by atoms with E-state index in [9.17, 15) is 23.3 Å². The van der Waals surface area contributed by atoms with Gasteiger partial charge in [0.05, 0.1) is 11.3 Å². The molecule has 1 atom stereocenters. The molecular formula is C10H12F3N3O2. The lowest BCUT2D eigenvalue weighted by Crippen LogP contribution is -2.23. The summed E-state index contributed by atoms with van der Waals surface area (Å²) >= 11 is 0. The number of hydrogen-bond donors (Lipinski definition) is 2. The molecular weight excluding hydrogens is 251 g/mol. The third kappa shape index (κ3) is 4.11. The monoisotopic (exact) mass is 263 g/mol. The van der Waals surface area contributed by atoms with Crippen LogP contribution in [0.1, 0.15) is 13.3 Å². The maximum Gasteiger partial charge on any atom is 0.391 e. The molecule has 0 aliphatic heterocycles. The molecule has 5 nitrogen and oxygen atoms in total. The van der Waals surface area contributed by atoms with E-state index < -0.39 is 23.6 Å². The first kappa shape index (κ1) is 14.1. The van der Waals surface area contributed by atoms with E-state index in [1.807, 2.05) is 0 Å². The summed E-state index contributed by atoms with van der Waals surface area (Å²) in [5.41, 5.74) is 5.37. The highest BCUT2D eigenvalue weighted by Gasteiger charge is 2.30. The van der Waals surface area contributed by atoms with Crippen LogP contribution in [0.2, 0.25) is 0 Å².